The lowest BCUT2D eigenvalue weighted by Gasteiger charge is -2.34. The van der Waals surface area contributed by atoms with Crippen LogP contribution < -0.4 is 10.1 Å². The van der Waals surface area contributed by atoms with E-state index in [0.717, 1.165) is 5.56 Å². The number of halogens is 1. The van der Waals surface area contributed by atoms with Crippen LogP contribution in [-0.4, -0.2) is 28.8 Å². The maximum Gasteiger partial charge on any atom is 0.314 e. The second kappa shape index (κ2) is 8.03. The maximum atomic E-state index is 13.2. The van der Waals surface area contributed by atoms with E-state index >= 15 is 0 Å². The highest BCUT2D eigenvalue weighted by molar-refractivity contribution is 6.31. The van der Waals surface area contributed by atoms with Crippen molar-refractivity contribution in [1.29, 1.82) is 0 Å². The van der Waals surface area contributed by atoms with Gasteiger partial charge in [-0.05, 0) is 35.6 Å². The average molecular weight is 443 g/mol. The van der Waals surface area contributed by atoms with Crippen molar-refractivity contribution in [2.24, 2.45) is 0 Å². The van der Waals surface area contributed by atoms with Gasteiger partial charge in [-0.3, -0.25) is 19.7 Å². The first-order valence-electron chi connectivity index (χ1n) is 9.66. The Morgan fingerprint density at radius 2 is 1.94 bits per heavy atom. The van der Waals surface area contributed by atoms with Gasteiger partial charge in [0.05, 0.1) is 12.0 Å². The molecule has 0 fully saturated rings. The summed E-state index contributed by atoms with van der Waals surface area (Å²) >= 11 is 6.31. The van der Waals surface area contributed by atoms with E-state index in [1.807, 2.05) is 18.2 Å². The molecule has 0 bridgehead atoms. The highest BCUT2D eigenvalue weighted by Gasteiger charge is 2.39. The van der Waals surface area contributed by atoms with Crippen LogP contribution in [0.5, 0.6) is 11.5 Å². The molecule has 1 heterocycles. The van der Waals surface area contributed by atoms with Gasteiger partial charge in [-0.1, -0.05) is 29.8 Å². The zero-order valence-corrected chi connectivity index (χ0v) is 17.3. The van der Waals surface area contributed by atoms with Gasteiger partial charge in [0.15, 0.2) is 11.5 Å². The summed E-state index contributed by atoms with van der Waals surface area (Å²) in [5, 5.41) is 24.8. The van der Waals surface area contributed by atoms with Crippen molar-refractivity contribution in [2.75, 3.05) is 7.11 Å². The number of nitro groups is 1. The molecule has 2 aromatic rings. The standard InChI is InChI=1S/C22H19ClN2O6/c1-31-19-9-12(7-17(22(19)28)25(29)30)14-10-20(27)24-16-6-11(8-18(26)21(14)16)13-4-2-3-5-15(13)23/h2-5,7,9,11,14,28H,6,8,10H2,1H3,(H,24,27)/t11-,14-/m1/s1. The third-order valence-corrected chi connectivity index (χ3v) is 6.12. The molecular formula is C22H19ClN2O6. The molecule has 0 aromatic heterocycles. The van der Waals surface area contributed by atoms with Crippen molar-refractivity contribution in [3.05, 3.63) is 73.9 Å². The van der Waals surface area contributed by atoms with Crippen molar-refractivity contribution < 1.29 is 24.4 Å². The van der Waals surface area contributed by atoms with Gasteiger partial charge in [-0.25, -0.2) is 0 Å². The Bertz CT molecular complexity index is 1140. The van der Waals surface area contributed by atoms with Crippen LogP contribution in [0.1, 0.15) is 42.2 Å². The maximum absolute atomic E-state index is 13.2. The van der Waals surface area contributed by atoms with Gasteiger partial charge in [0.25, 0.3) is 0 Å². The Balaban J connectivity index is 1.79. The quantitative estimate of drug-likeness (QED) is 0.546. The SMILES string of the molecule is COc1cc([C@H]2CC(=O)NC3=C2C(=O)C[C@H](c2ccccc2Cl)C3)cc([N+](=O)[O-])c1O. The Labute approximate surface area is 182 Å². The summed E-state index contributed by atoms with van der Waals surface area (Å²) in [6, 6.07) is 9.91. The molecule has 8 nitrogen and oxygen atoms in total. The molecule has 0 unspecified atom stereocenters. The van der Waals surface area contributed by atoms with Crippen LogP contribution in [0.15, 0.2) is 47.7 Å². The van der Waals surface area contributed by atoms with Crippen LogP contribution in [0.4, 0.5) is 5.69 Å². The molecule has 2 N–H and O–H groups in total. The van der Waals surface area contributed by atoms with Gasteiger partial charge in [0.2, 0.25) is 11.7 Å². The van der Waals surface area contributed by atoms with E-state index in [1.165, 1.54) is 19.2 Å². The van der Waals surface area contributed by atoms with Gasteiger partial charge in [0.1, 0.15) is 0 Å². The number of rotatable bonds is 4. The van der Waals surface area contributed by atoms with Gasteiger partial charge in [0, 0.05) is 41.1 Å². The summed E-state index contributed by atoms with van der Waals surface area (Å²) < 4.78 is 5.07. The van der Waals surface area contributed by atoms with Gasteiger partial charge >= 0.3 is 5.69 Å². The van der Waals surface area contributed by atoms with Crippen LogP contribution in [0.25, 0.3) is 0 Å². The van der Waals surface area contributed by atoms with Crippen molar-refractivity contribution in [2.45, 2.75) is 31.1 Å². The molecule has 0 saturated carbocycles. The van der Waals surface area contributed by atoms with E-state index in [9.17, 15) is 24.8 Å². The number of methoxy groups -OCH3 is 1. The third-order valence-electron chi connectivity index (χ3n) is 5.78. The highest BCUT2D eigenvalue weighted by atomic mass is 35.5. The molecule has 0 radical (unpaired) electrons. The Morgan fingerprint density at radius 3 is 2.61 bits per heavy atom. The molecule has 1 amide bonds. The van der Waals surface area contributed by atoms with Gasteiger partial charge in [-0.2, -0.15) is 0 Å². The minimum Gasteiger partial charge on any atom is -0.500 e. The number of ether oxygens (including phenoxy) is 1. The van der Waals surface area contributed by atoms with Crippen LogP contribution in [0.2, 0.25) is 5.02 Å². The minimum atomic E-state index is -0.727. The minimum absolute atomic E-state index is 0.0353. The van der Waals surface area contributed by atoms with Gasteiger partial charge < -0.3 is 15.2 Å². The van der Waals surface area contributed by atoms with E-state index < -0.39 is 22.3 Å². The molecule has 2 aliphatic rings. The number of phenolic OH excluding ortho intramolecular Hbond substituents is 1. The molecule has 1 aliphatic carbocycles. The van der Waals surface area contributed by atoms with E-state index in [-0.39, 0.29) is 36.2 Å². The molecule has 4 rings (SSSR count). The summed E-state index contributed by atoms with van der Waals surface area (Å²) in [7, 11) is 1.28. The Kier molecular flexibility index (Phi) is 5.41. The monoisotopic (exact) mass is 442 g/mol. The summed E-state index contributed by atoms with van der Waals surface area (Å²) in [6.45, 7) is 0. The average Bonchev–Trinajstić information content (AvgIpc) is 2.73. The van der Waals surface area contributed by atoms with E-state index in [2.05, 4.69) is 5.32 Å². The predicted octanol–water partition coefficient (Wildman–Crippen LogP) is 3.97. The fraction of sp³-hybridized carbons (Fsp3) is 0.273. The largest absolute Gasteiger partial charge is 0.500 e. The lowest BCUT2D eigenvalue weighted by Crippen LogP contribution is -2.38. The second-order valence-corrected chi connectivity index (χ2v) is 8.00. The molecule has 31 heavy (non-hydrogen) atoms. The molecular weight excluding hydrogens is 424 g/mol. The number of nitrogens with zero attached hydrogens (tertiary/aromatic N) is 1. The predicted molar refractivity (Wildman–Crippen MR) is 112 cm³/mol. The molecule has 160 valence electrons. The lowest BCUT2D eigenvalue weighted by atomic mass is 9.73. The van der Waals surface area contributed by atoms with Crippen molar-refractivity contribution in [3.63, 3.8) is 0 Å². The number of hydrogen-bond acceptors (Lipinski definition) is 6. The number of Topliss-reactive ketones (excluding diaryl/α,β-unsaturated/α-hetero) is 1. The number of carbonyl (C=O) groups is 2. The first-order valence-corrected chi connectivity index (χ1v) is 10.0. The van der Waals surface area contributed by atoms with Gasteiger partial charge in [-0.15, -0.1) is 0 Å². The number of carbonyl (C=O) groups excluding carboxylic acids is 2. The van der Waals surface area contributed by atoms with Crippen molar-refractivity contribution in [1.82, 2.24) is 5.32 Å². The van der Waals surface area contributed by atoms with Crippen molar-refractivity contribution >= 4 is 29.0 Å². The molecule has 2 atom stereocenters. The first kappa shape index (κ1) is 20.9. The molecule has 0 saturated heterocycles. The van der Waals surface area contributed by atoms with Crippen molar-refractivity contribution in [3.8, 4) is 11.5 Å². The smallest absolute Gasteiger partial charge is 0.314 e. The van der Waals surface area contributed by atoms with E-state index in [4.69, 9.17) is 16.3 Å². The van der Waals surface area contributed by atoms with Crippen LogP contribution in [0, 0.1) is 10.1 Å². The van der Waals surface area contributed by atoms with Crippen LogP contribution >= 0.6 is 11.6 Å². The summed E-state index contributed by atoms with van der Waals surface area (Å²) in [5.74, 6) is -1.97. The third kappa shape index (κ3) is 3.74. The number of amides is 1. The second-order valence-electron chi connectivity index (χ2n) is 7.59. The number of phenols is 1. The van der Waals surface area contributed by atoms with E-state index in [0.29, 0.717) is 28.3 Å². The zero-order chi connectivity index (χ0) is 22.3. The summed E-state index contributed by atoms with van der Waals surface area (Å²) in [4.78, 5) is 36.3. The molecule has 1 aliphatic heterocycles. The number of benzene rings is 2. The fourth-order valence-electron chi connectivity index (χ4n) is 4.38. The Morgan fingerprint density at radius 1 is 1.19 bits per heavy atom. The fourth-order valence-corrected chi connectivity index (χ4v) is 4.67. The van der Waals surface area contributed by atoms with Crippen LogP contribution in [-0.2, 0) is 9.59 Å². The normalized spacial score (nSPS) is 20.8. The molecule has 2 aromatic carbocycles. The number of allylic oxidation sites excluding steroid dienone is 2. The van der Waals surface area contributed by atoms with E-state index in [1.54, 1.807) is 6.07 Å². The first-order chi connectivity index (χ1) is 14.8. The summed E-state index contributed by atoms with van der Waals surface area (Å²) in [6.07, 6.45) is 0.600. The number of hydrogen-bond donors (Lipinski definition) is 2. The topological polar surface area (TPSA) is 119 Å². The number of aromatic hydroxyl groups is 1. The zero-order valence-electron chi connectivity index (χ0n) is 16.6. The number of nitrogens with one attached hydrogen (secondary N) is 1. The highest BCUT2D eigenvalue weighted by Crippen LogP contribution is 2.46. The molecule has 0 spiro atoms. The number of nitro benzene ring substituents is 1. The summed E-state index contributed by atoms with van der Waals surface area (Å²) in [5.41, 5.74) is 1.61. The Hall–Kier alpha value is -3.39. The molecule has 9 heteroatoms. The lowest BCUT2D eigenvalue weighted by molar-refractivity contribution is -0.386. The number of ketones is 1. The van der Waals surface area contributed by atoms with Crippen LogP contribution in [0.3, 0.4) is 0 Å².